The fraction of sp³-hybridized carbons (Fsp3) is 0.231. The van der Waals surface area contributed by atoms with E-state index in [-0.39, 0.29) is 28.8 Å². The molecule has 106 valence electrons. The second-order valence-electron chi connectivity index (χ2n) is 4.15. The molecule has 7 nitrogen and oxygen atoms in total. The summed E-state index contributed by atoms with van der Waals surface area (Å²) >= 11 is 0. The lowest BCUT2D eigenvalue weighted by Gasteiger charge is -2.11. The van der Waals surface area contributed by atoms with Crippen molar-refractivity contribution in [2.45, 2.75) is 6.42 Å². The molecule has 2 rings (SSSR count). The van der Waals surface area contributed by atoms with Gasteiger partial charge in [0.25, 0.3) is 5.56 Å². The van der Waals surface area contributed by atoms with Gasteiger partial charge in [0.2, 0.25) is 5.75 Å². The summed E-state index contributed by atoms with van der Waals surface area (Å²) in [7, 11) is 2.88. The minimum atomic E-state index is -0.302. The minimum absolute atomic E-state index is 0.0691. The van der Waals surface area contributed by atoms with Crippen LogP contribution in [0, 0.1) is 0 Å². The molecule has 4 N–H and O–H groups in total. The lowest BCUT2D eigenvalue weighted by atomic mass is 10.1. The maximum Gasteiger partial charge on any atom is 0.255 e. The number of nitrogen functional groups attached to an aromatic ring is 1. The molecule has 1 aromatic heterocycles. The first kappa shape index (κ1) is 13.7. The van der Waals surface area contributed by atoms with Crippen LogP contribution in [0.2, 0.25) is 0 Å². The molecule has 0 aliphatic rings. The van der Waals surface area contributed by atoms with Gasteiger partial charge in [-0.3, -0.25) is 9.78 Å². The van der Waals surface area contributed by atoms with Gasteiger partial charge >= 0.3 is 0 Å². The van der Waals surface area contributed by atoms with Crippen LogP contribution in [0.4, 0.5) is 5.95 Å². The fourth-order valence-corrected chi connectivity index (χ4v) is 1.83. The summed E-state index contributed by atoms with van der Waals surface area (Å²) in [5.74, 6) is 0.543. The number of nitrogens with zero attached hydrogens (tertiary/aromatic N) is 1. The molecule has 0 atom stereocenters. The predicted molar refractivity (Wildman–Crippen MR) is 73.3 cm³/mol. The SMILES string of the molecule is COc1cc(Cc2cnc(N)[nH]c2=O)cc(OC)c1O. The van der Waals surface area contributed by atoms with Crippen molar-refractivity contribution in [1.29, 1.82) is 0 Å². The van der Waals surface area contributed by atoms with Crippen molar-refractivity contribution in [3.05, 3.63) is 39.8 Å². The molecule has 0 radical (unpaired) electrons. The van der Waals surface area contributed by atoms with Crippen molar-refractivity contribution in [2.24, 2.45) is 0 Å². The summed E-state index contributed by atoms with van der Waals surface area (Å²) in [5.41, 5.74) is 6.29. The lowest BCUT2D eigenvalue weighted by Crippen LogP contribution is -2.16. The number of H-pyrrole nitrogens is 1. The molecular weight excluding hydrogens is 262 g/mol. The van der Waals surface area contributed by atoms with E-state index >= 15 is 0 Å². The first-order chi connectivity index (χ1) is 9.55. The summed E-state index contributed by atoms with van der Waals surface area (Å²) in [5, 5.41) is 9.82. The summed E-state index contributed by atoms with van der Waals surface area (Å²) in [6, 6.07) is 3.27. The van der Waals surface area contributed by atoms with Crippen LogP contribution >= 0.6 is 0 Å². The Morgan fingerprint density at radius 3 is 2.40 bits per heavy atom. The summed E-state index contributed by atoms with van der Waals surface area (Å²) in [4.78, 5) is 18.0. The Bertz CT molecular complexity index is 657. The number of aromatic amines is 1. The first-order valence-corrected chi connectivity index (χ1v) is 5.82. The molecule has 0 fully saturated rings. The van der Waals surface area contributed by atoms with E-state index < -0.39 is 0 Å². The van der Waals surface area contributed by atoms with E-state index in [1.54, 1.807) is 12.1 Å². The van der Waals surface area contributed by atoms with Gasteiger partial charge in [0.1, 0.15) is 0 Å². The largest absolute Gasteiger partial charge is 0.502 e. The van der Waals surface area contributed by atoms with E-state index in [4.69, 9.17) is 15.2 Å². The van der Waals surface area contributed by atoms with Gasteiger partial charge in [-0.25, -0.2) is 4.98 Å². The van der Waals surface area contributed by atoms with E-state index in [1.165, 1.54) is 20.4 Å². The number of ether oxygens (including phenoxy) is 2. The second kappa shape index (κ2) is 5.52. The van der Waals surface area contributed by atoms with Gasteiger partial charge < -0.3 is 20.3 Å². The van der Waals surface area contributed by atoms with Gasteiger partial charge in [-0.2, -0.15) is 0 Å². The zero-order valence-corrected chi connectivity index (χ0v) is 11.1. The van der Waals surface area contributed by atoms with Crippen molar-refractivity contribution in [3.8, 4) is 17.2 Å². The third-order valence-electron chi connectivity index (χ3n) is 2.83. The number of phenols is 1. The molecule has 7 heteroatoms. The highest BCUT2D eigenvalue weighted by Crippen LogP contribution is 2.37. The number of aromatic hydroxyl groups is 1. The molecule has 0 amide bonds. The number of phenolic OH excluding ortho intramolecular Hbond substituents is 1. The monoisotopic (exact) mass is 277 g/mol. The Kier molecular flexibility index (Phi) is 3.79. The average Bonchev–Trinajstić information content (AvgIpc) is 2.43. The van der Waals surface area contributed by atoms with Gasteiger partial charge in [-0.05, 0) is 17.7 Å². The molecule has 20 heavy (non-hydrogen) atoms. The lowest BCUT2D eigenvalue weighted by molar-refractivity contribution is 0.339. The normalized spacial score (nSPS) is 10.3. The van der Waals surface area contributed by atoms with Gasteiger partial charge in [-0.15, -0.1) is 0 Å². The standard InChI is InChI=1S/C13H15N3O4/c1-19-9-4-7(5-10(20-2)11(9)17)3-8-6-15-13(14)16-12(8)18/h4-6,17H,3H2,1-2H3,(H3,14,15,16,18). The number of hydrogen-bond donors (Lipinski definition) is 3. The van der Waals surface area contributed by atoms with Crippen molar-refractivity contribution >= 4 is 5.95 Å². The van der Waals surface area contributed by atoms with Crippen LogP contribution in [-0.4, -0.2) is 29.3 Å². The molecule has 0 spiro atoms. The Labute approximate surface area is 115 Å². The van der Waals surface area contributed by atoms with Gasteiger partial charge in [0, 0.05) is 18.2 Å². The van der Waals surface area contributed by atoms with Crippen LogP contribution in [-0.2, 0) is 6.42 Å². The highest BCUT2D eigenvalue weighted by Gasteiger charge is 2.12. The van der Waals surface area contributed by atoms with Crippen LogP contribution in [0.1, 0.15) is 11.1 Å². The Morgan fingerprint density at radius 2 is 1.90 bits per heavy atom. The number of nitrogens with one attached hydrogen (secondary N) is 1. The van der Waals surface area contributed by atoms with E-state index in [2.05, 4.69) is 9.97 Å². The van der Waals surface area contributed by atoms with E-state index in [9.17, 15) is 9.90 Å². The zero-order chi connectivity index (χ0) is 14.7. The molecule has 0 aliphatic carbocycles. The number of anilines is 1. The second-order valence-corrected chi connectivity index (χ2v) is 4.15. The molecular formula is C13H15N3O4. The highest BCUT2D eigenvalue weighted by molar-refractivity contribution is 5.53. The maximum absolute atomic E-state index is 11.7. The number of rotatable bonds is 4. The molecule has 1 heterocycles. The number of methoxy groups -OCH3 is 2. The number of nitrogens with two attached hydrogens (primary N) is 1. The molecule has 1 aromatic carbocycles. The van der Waals surface area contributed by atoms with Crippen molar-refractivity contribution < 1.29 is 14.6 Å². The van der Waals surface area contributed by atoms with Crippen molar-refractivity contribution in [3.63, 3.8) is 0 Å². The molecule has 0 saturated heterocycles. The molecule has 2 aromatic rings. The summed E-state index contributed by atoms with van der Waals surface area (Å²) in [6.07, 6.45) is 1.73. The summed E-state index contributed by atoms with van der Waals surface area (Å²) in [6.45, 7) is 0. The number of benzene rings is 1. The van der Waals surface area contributed by atoms with Crippen LogP contribution < -0.4 is 20.8 Å². The highest BCUT2D eigenvalue weighted by atomic mass is 16.5. The quantitative estimate of drug-likeness (QED) is 0.757. The molecule has 0 aliphatic heterocycles. The Hall–Kier alpha value is -2.70. The maximum atomic E-state index is 11.7. The molecule has 0 unspecified atom stereocenters. The molecule has 0 bridgehead atoms. The van der Waals surface area contributed by atoms with Crippen LogP contribution in [0.3, 0.4) is 0 Å². The van der Waals surface area contributed by atoms with Gasteiger partial charge in [0.15, 0.2) is 17.4 Å². The van der Waals surface area contributed by atoms with E-state index in [0.717, 1.165) is 5.56 Å². The molecule has 0 saturated carbocycles. The average molecular weight is 277 g/mol. The van der Waals surface area contributed by atoms with Crippen LogP contribution in [0.15, 0.2) is 23.1 Å². The third kappa shape index (κ3) is 2.66. The van der Waals surface area contributed by atoms with E-state index in [0.29, 0.717) is 12.0 Å². The van der Waals surface area contributed by atoms with Gasteiger partial charge in [0.05, 0.1) is 14.2 Å². The minimum Gasteiger partial charge on any atom is -0.502 e. The van der Waals surface area contributed by atoms with Gasteiger partial charge in [-0.1, -0.05) is 0 Å². The van der Waals surface area contributed by atoms with Crippen molar-refractivity contribution in [2.75, 3.05) is 20.0 Å². The fourth-order valence-electron chi connectivity index (χ4n) is 1.83. The smallest absolute Gasteiger partial charge is 0.255 e. The predicted octanol–water partition coefficient (Wildman–Crippen LogP) is 0.666. The van der Waals surface area contributed by atoms with Crippen LogP contribution in [0.5, 0.6) is 17.2 Å². The summed E-state index contributed by atoms with van der Waals surface area (Å²) < 4.78 is 10.1. The van der Waals surface area contributed by atoms with E-state index in [1.807, 2.05) is 0 Å². The first-order valence-electron chi connectivity index (χ1n) is 5.82. The number of aromatic nitrogens is 2. The zero-order valence-electron chi connectivity index (χ0n) is 11.1. The topological polar surface area (TPSA) is 110 Å². The third-order valence-corrected chi connectivity index (χ3v) is 2.83. The van der Waals surface area contributed by atoms with Crippen LogP contribution in [0.25, 0.3) is 0 Å². The van der Waals surface area contributed by atoms with Crippen molar-refractivity contribution in [1.82, 2.24) is 9.97 Å². The number of hydrogen-bond acceptors (Lipinski definition) is 6. The Balaban J connectivity index is 2.40. The Morgan fingerprint density at radius 1 is 1.30 bits per heavy atom.